The van der Waals surface area contributed by atoms with Crippen LogP contribution in [0.2, 0.25) is 0 Å². The van der Waals surface area contributed by atoms with Crippen LogP contribution < -0.4 is 10.6 Å². The van der Waals surface area contributed by atoms with Gasteiger partial charge in [0.15, 0.2) is 0 Å². The van der Waals surface area contributed by atoms with Crippen molar-refractivity contribution in [2.24, 2.45) is 5.92 Å². The van der Waals surface area contributed by atoms with Crippen molar-refractivity contribution >= 4 is 27.8 Å². The first kappa shape index (κ1) is 14.7. The second-order valence-electron chi connectivity index (χ2n) is 5.37. The Hall–Kier alpha value is -1.22. The van der Waals surface area contributed by atoms with Crippen LogP contribution in [-0.4, -0.2) is 5.66 Å². The van der Waals surface area contributed by atoms with E-state index in [1.807, 2.05) is 0 Å². The lowest BCUT2D eigenvalue weighted by Crippen LogP contribution is -2.18. The van der Waals surface area contributed by atoms with Crippen LogP contribution in [0.5, 0.6) is 0 Å². The molecule has 0 N–H and O–H groups in total. The van der Waals surface area contributed by atoms with Crippen molar-refractivity contribution in [3.05, 3.63) is 84.2 Å². The van der Waals surface area contributed by atoms with E-state index in [1.54, 1.807) is 5.31 Å². The Balaban J connectivity index is 2.06. The summed E-state index contributed by atoms with van der Waals surface area (Å²) in [4.78, 5) is 0. The first-order chi connectivity index (χ1) is 10.3. The molecule has 0 saturated carbocycles. The van der Waals surface area contributed by atoms with Gasteiger partial charge in [-0.25, -0.2) is 0 Å². The lowest BCUT2D eigenvalue weighted by atomic mass is 10.1. The third kappa shape index (κ3) is 3.18. The van der Waals surface area contributed by atoms with Gasteiger partial charge in [-0.1, -0.05) is 85.8 Å². The van der Waals surface area contributed by atoms with Crippen molar-refractivity contribution in [3.8, 4) is 0 Å². The molecule has 0 spiro atoms. The van der Waals surface area contributed by atoms with Crippen LogP contribution in [-0.2, 0) is 0 Å². The molecule has 0 saturated heterocycles. The zero-order chi connectivity index (χ0) is 14.7. The van der Waals surface area contributed by atoms with E-state index in [0.717, 1.165) is 0 Å². The van der Waals surface area contributed by atoms with Crippen molar-refractivity contribution in [2.75, 3.05) is 0 Å². The molecule has 106 valence electrons. The molecular formula is C19H20P2. The van der Waals surface area contributed by atoms with Gasteiger partial charge in [-0.05, 0) is 29.5 Å². The molecule has 0 amide bonds. The highest BCUT2D eigenvalue weighted by Gasteiger charge is 2.27. The van der Waals surface area contributed by atoms with E-state index in [0.29, 0.717) is 11.6 Å². The van der Waals surface area contributed by atoms with Gasteiger partial charge in [0, 0.05) is 5.92 Å². The molecule has 0 aliphatic heterocycles. The predicted molar refractivity (Wildman–Crippen MR) is 99.0 cm³/mol. The van der Waals surface area contributed by atoms with Crippen LogP contribution in [0.25, 0.3) is 0 Å². The van der Waals surface area contributed by atoms with E-state index in [1.165, 1.54) is 10.6 Å². The fraction of sp³-hybridized carbons (Fsp3) is 0.158. The smallest absolute Gasteiger partial charge is 0.00919 e. The van der Waals surface area contributed by atoms with Gasteiger partial charge in [-0.15, -0.1) is 9.24 Å². The van der Waals surface area contributed by atoms with Gasteiger partial charge in [0.05, 0.1) is 0 Å². The summed E-state index contributed by atoms with van der Waals surface area (Å²) in [7, 11) is 2.53. The van der Waals surface area contributed by atoms with Gasteiger partial charge < -0.3 is 0 Å². The van der Waals surface area contributed by atoms with Crippen molar-refractivity contribution in [1.29, 1.82) is 0 Å². The molecule has 2 aromatic carbocycles. The Morgan fingerprint density at radius 1 is 0.905 bits per heavy atom. The maximum atomic E-state index is 2.96. The second kappa shape index (κ2) is 6.69. The lowest BCUT2D eigenvalue weighted by molar-refractivity contribution is 0.792. The monoisotopic (exact) mass is 310 g/mol. The fourth-order valence-corrected chi connectivity index (χ4v) is 5.94. The lowest BCUT2D eigenvalue weighted by Gasteiger charge is -2.27. The summed E-state index contributed by atoms with van der Waals surface area (Å²) in [5, 5.41) is 4.43. The molecular weight excluding hydrogens is 290 g/mol. The van der Waals surface area contributed by atoms with Crippen molar-refractivity contribution in [3.63, 3.8) is 0 Å². The highest BCUT2D eigenvalue weighted by molar-refractivity contribution is 7.76. The predicted octanol–water partition coefficient (Wildman–Crippen LogP) is 4.45. The maximum absolute atomic E-state index is 2.96. The standard InChI is InChI=1S/C19H20P2/c1-15(20)18-13-8-14-19(18)21(16-9-4-2-5-10-16)17-11-6-3-7-12-17/h2-15,18H,20H2,1H3/t15-,18?/m0/s1. The molecule has 0 heterocycles. The van der Waals surface area contributed by atoms with E-state index in [9.17, 15) is 0 Å². The Morgan fingerprint density at radius 2 is 1.43 bits per heavy atom. The van der Waals surface area contributed by atoms with Crippen LogP contribution in [0.1, 0.15) is 6.92 Å². The van der Waals surface area contributed by atoms with Crippen LogP contribution in [0.15, 0.2) is 84.2 Å². The molecule has 0 bridgehead atoms. The highest BCUT2D eigenvalue weighted by atomic mass is 31.1. The van der Waals surface area contributed by atoms with Gasteiger partial charge in [0.1, 0.15) is 0 Å². The van der Waals surface area contributed by atoms with Gasteiger partial charge in [-0.2, -0.15) is 0 Å². The molecule has 0 fully saturated rings. The normalized spacial score (nSPS) is 18.8. The van der Waals surface area contributed by atoms with Crippen molar-refractivity contribution < 1.29 is 0 Å². The fourth-order valence-electron chi connectivity index (χ4n) is 2.75. The van der Waals surface area contributed by atoms with E-state index in [4.69, 9.17) is 0 Å². The molecule has 0 nitrogen and oxygen atoms in total. The SMILES string of the molecule is C[C@H](P)C1C=CC=C1P(c1ccccc1)c1ccccc1. The molecule has 0 radical (unpaired) electrons. The third-order valence-electron chi connectivity index (χ3n) is 3.78. The summed E-state index contributed by atoms with van der Waals surface area (Å²) < 4.78 is 0. The first-order valence-electron chi connectivity index (χ1n) is 7.31. The number of allylic oxidation sites excluding steroid dienone is 4. The van der Waals surface area contributed by atoms with Crippen LogP contribution in [0.4, 0.5) is 0 Å². The van der Waals surface area contributed by atoms with E-state index in [2.05, 4.69) is 95.1 Å². The third-order valence-corrected chi connectivity index (χ3v) is 6.79. The zero-order valence-electron chi connectivity index (χ0n) is 12.2. The summed E-state index contributed by atoms with van der Waals surface area (Å²) in [6.07, 6.45) is 6.90. The Labute approximate surface area is 130 Å². The first-order valence-corrected chi connectivity index (χ1v) is 9.32. The molecule has 2 aromatic rings. The molecule has 21 heavy (non-hydrogen) atoms. The number of rotatable bonds is 4. The van der Waals surface area contributed by atoms with Crippen molar-refractivity contribution in [2.45, 2.75) is 12.6 Å². The average Bonchev–Trinajstić information content (AvgIpc) is 2.99. The minimum Gasteiger partial charge on any atom is -0.134 e. The Kier molecular flexibility index (Phi) is 4.69. The van der Waals surface area contributed by atoms with Gasteiger partial charge in [0.25, 0.3) is 0 Å². The summed E-state index contributed by atoms with van der Waals surface area (Å²) >= 11 is 0. The van der Waals surface area contributed by atoms with Crippen molar-refractivity contribution in [1.82, 2.24) is 0 Å². The zero-order valence-corrected chi connectivity index (χ0v) is 14.2. The molecule has 3 atom stereocenters. The molecule has 1 aliphatic rings. The molecule has 0 aromatic heterocycles. The van der Waals surface area contributed by atoms with Crippen LogP contribution in [0, 0.1) is 5.92 Å². The molecule has 2 unspecified atom stereocenters. The highest BCUT2D eigenvalue weighted by Crippen LogP contribution is 2.50. The molecule has 1 aliphatic carbocycles. The quantitative estimate of drug-likeness (QED) is 0.732. The minimum atomic E-state index is -0.438. The average molecular weight is 310 g/mol. The summed E-state index contributed by atoms with van der Waals surface area (Å²) in [5.74, 6) is 0.529. The van der Waals surface area contributed by atoms with Gasteiger partial charge in [0.2, 0.25) is 0 Å². The number of hydrogen-bond donors (Lipinski definition) is 0. The molecule has 2 heteroatoms. The largest absolute Gasteiger partial charge is 0.134 e. The molecule has 3 rings (SSSR count). The Bertz CT molecular complexity index is 602. The van der Waals surface area contributed by atoms with E-state index >= 15 is 0 Å². The summed E-state index contributed by atoms with van der Waals surface area (Å²) in [6, 6.07) is 21.9. The number of hydrogen-bond acceptors (Lipinski definition) is 0. The second-order valence-corrected chi connectivity index (χ2v) is 8.64. The number of benzene rings is 2. The maximum Gasteiger partial charge on any atom is 0.00919 e. The summed E-state index contributed by atoms with van der Waals surface area (Å²) in [5.41, 5.74) is 0.562. The van der Waals surface area contributed by atoms with Crippen LogP contribution in [0.3, 0.4) is 0 Å². The van der Waals surface area contributed by atoms with E-state index < -0.39 is 7.92 Å². The minimum absolute atomic E-state index is 0.438. The van der Waals surface area contributed by atoms with Gasteiger partial charge in [-0.3, -0.25) is 0 Å². The van der Waals surface area contributed by atoms with Gasteiger partial charge >= 0.3 is 0 Å². The Morgan fingerprint density at radius 3 is 1.90 bits per heavy atom. The summed E-state index contributed by atoms with van der Waals surface area (Å²) in [6.45, 7) is 2.28. The van der Waals surface area contributed by atoms with E-state index in [-0.39, 0.29) is 0 Å². The van der Waals surface area contributed by atoms with Crippen LogP contribution >= 0.6 is 17.2 Å². The topological polar surface area (TPSA) is 0 Å².